The largest absolute Gasteiger partial charge is 0.504 e. The highest BCUT2D eigenvalue weighted by Gasteiger charge is 2.19. The van der Waals surface area contributed by atoms with Gasteiger partial charge in [-0.2, -0.15) is 5.48 Å². The Morgan fingerprint density at radius 1 is 1.25 bits per heavy atom. The number of piperazine rings is 1. The summed E-state index contributed by atoms with van der Waals surface area (Å²) in [6.45, 7) is 4.49. The maximum Gasteiger partial charge on any atom is 0.276 e. The summed E-state index contributed by atoms with van der Waals surface area (Å²) in [6.07, 6.45) is 3.01. The number of amides is 1. The van der Waals surface area contributed by atoms with E-state index in [1.165, 1.54) is 6.08 Å². The number of aromatic hydroxyl groups is 1. The number of nitrogens with one attached hydrogen (secondary N) is 2. The second-order valence-corrected chi connectivity index (χ2v) is 4.92. The van der Waals surface area contributed by atoms with E-state index in [9.17, 15) is 9.90 Å². The molecule has 1 aromatic carbocycles. The van der Waals surface area contributed by atoms with Gasteiger partial charge in [0.2, 0.25) is 5.75 Å². The van der Waals surface area contributed by atoms with Crippen molar-refractivity contribution in [2.24, 2.45) is 0 Å². The summed E-state index contributed by atoms with van der Waals surface area (Å²) in [5.74, 6) is 0.0527. The number of benzene rings is 1. The van der Waals surface area contributed by atoms with Crippen LogP contribution >= 0.6 is 0 Å². The number of carbonyl (C=O) groups excluding carboxylic acids is 1. The highest BCUT2D eigenvalue weighted by Crippen LogP contribution is 2.35. The van der Waals surface area contributed by atoms with Crippen molar-refractivity contribution in [2.45, 2.75) is 6.54 Å². The molecule has 106 valence electrons. The molecule has 0 radical (unpaired) electrons. The van der Waals surface area contributed by atoms with Crippen LogP contribution in [0.15, 0.2) is 18.2 Å². The third-order valence-electron chi connectivity index (χ3n) is 3.52. The van der Waals surface area contributed by atoms with E-state index >= 15 is 0 Å². The van der Waals surface area contributed by atoms with Crippen LogP contribution in [0.25, 0.3) is 6.08 Å². The van der Waals surface area contributed by atoms with Crippen molar-refractivity contribution in [3.63, 3.8) is 0 Å². The first-order chi connectivity index (χ1) is 9.74. The first kappa shape index (κ1) is 13.0. The average molecular weight is 275 g/mol. The van der Waals surface area contributed by atoms with Crippen LogP contribution in [-0.2, 0) is 11.3 Å². The first-order valence-electron chi connectivity index (χ1n) is 6.67. The van der Waals surface area contributed by atoms with Crippen molar-refractivity contribution in [1.82, 2.24) is 15.7 Å². The number of phenols is 1. The summed E-state index contributed by atoms with van der Waals surface area (Å²) in [5.41, 5.74) is 3.75. The second-order valence-electron chi connectivity index (χ2n) is 4.92. The summed E-state index contributed by atoms with van der Waals surface area (Å²) in [4.78, 5) is 18.7. The van der Waals surface area contributed by atoms with Gasteiger partial charge in [-0.3, -0.25) is 9.69 Å². The third kappa shape index (κ3) is 2.61. The molecule has 3 N–H and O–H groups in total. The van der Waals surface area contributed by atoms with E-state index in [1.807, 2.05) is 12.1 Å². The SMILES string of the molecule is O=C1C=Cc2ccc(CN3CCNCC3)c(O)c2ON1. The second kappa shape index (κ2) is 5.52. The minimum atomic E-state index is -0.343. The van der Waals surface area contributed by atoms with E-state index in [1.54, 1.807) is 6.08 Å². The van der Waals surface area contributed by atoms with Crippen molar-refractivity contribution in [3.05, 3.63) is 29.3 Å². The average Bonchev–Trinajstić information content (AvgIpc) is 2.66. The summed E-state index contributed by atoms with van der Waals surface area (Å²) in [5, 5.41) is 13.6. The fraction of sp³-hybridized carbons (Fsp3) is 0.357. The van der Waals surface area contributed by atoms with Crippen LogP contribution < -0.4 is 15.6 Å². The van der Waals surface area contributed by atoms with Gasteiger partial charge in [0, 0.05) is 49.9 Å². The summed E-state index contributed by atoms with van der Waals surface area (Å²) in [6, 6.07) is 3.73. The van der Waals surface area contributed by atoms with Crippen molar-refractivity contribution >= 4 is 12.0 Å². The molecular weight excluding hydrogens is 258 g/mol. The summed E-state index contributed by atoms with van der Waals surface area (Å²) < 4.78 is 0. The van der Waals surface area contributed by atoms with E-state index in [4.69, 9.17) is 4.84 Å². The molecule has 6 nitrogen and oxygen atoms in total. The lowest BCUT2D eigenvalue weighted by Crippen LogP contribution is -2.42. The predicted molar refractivity (Wildman–Crippen MR) is 74.1 cm³/mol. The highest BCUT2D eigenvalue weighted by atomic mass is 16.7. The Hall–Kier alpha value is -2.05. The number of phenolic OH excluding ortho intramolecular Hbond substituents is 1. The van der Waals surface area contributed by atoms with Gasteiger partial charge in [-0.25, -0.2) is 0 Å². The molecule has 1 aromatic rings. The van der Waals surface area contributed by atoms with E-state index in [2.05, 4.69) is 15.7 Å². The third-order valence-corrected chi connectivity index (χ3v) is 3.52. The Balaban J connectivity index is 1.83. The summed E-state index contributed by atoms with van der Waals surface area (Å²) in [7, 11) is 0. The molecule has 2 aliphatic heterocycles. The van der Waals surface area contributed by atoms with Crippen molar-refractivity contribution < 1.29 is 14.7 Å². The Labute approximate surface area is 117 Å². The standard InChI is InChI=1S/C14H17N3O3/c18-12-4-3-10-1-2-11(13(19)14(10)20-16-12)9-17-7-5-15-6-8-17/h1-4,15,19H,5-9H2,(H,16,18). The van der Waals surface area contributed by atoms with Crippen LogP contribution in [0.4, 0.5) is 0 Å². The van der Waals surface area contributed by atoms with Crippen LogP contribution in [0.1, 0.15) is 11.1 Å². The van der Waals surface area contributed by atoms with Gasteiger partial charge in [0.15, 0.2) is 5.75 Å². The normalized spacial score (nSPS) is 18.9. The van der Waals surface area contributed by atoms with E-state index in [0.717, 1.165) is 31.7 Å². The van der Waals surface area contributed by atoms with Gasteiger partial charge in [-0.05, 0) is 6.08 Å². The van der Waals surface area contributed by atoms with E-state index < -0.39 is 0 Å². The van der Waals surface area contributed by atoms with Gasteiger partial charge >= 0.3 is 0 Å². The molecule has 0 bridgehead atoms. The molecule has 2 aliphatic rings. The monoisotopic (exact) mass is 275 g/mol. The Kier molecular flexibility index (Phi) is 3.58. The molecule has 6 heteroatoms. The lowest BCUT2D eigenvalue weighted by atomic mass is 10.1. The lowest BCUT2D eigenvalue weighted by Gasteiger charge is -2.27. The smallest absolute Gasteiger partial charge is 0.276 e. The van der Waals surface area contributed by atoms with Crippen LogP contribution in [0, 0.1) is 0 Å². The van der Waals surface area contributed by atoms with E-state index in [-0.39, 0.29) is 11.7 Å². The molecule has 0 unspecified atom stereocenters. The maximum absolute atomic E-state index is 11.2. The zero-order valence-corrected chi connectivity index (χ0v) is 11.1. The minimum Gasteiger partial charge on any atom is -0.504 e. The molecule has 0 spiro atoms. The predicted octanol–water partition coefficient (Wildman–Crippen LogP) is 0.234. The Morgan fingerprint density at radius 3 is 2.85 bits per heavy atom. The number of nitrogens with zero attached hydrogens (tertiary/aromatic N) is 1. The zero-order valence-electron chi connectivity index (χ0n) is 11.1. The molecule has 2 heterocycles. The highest BCUT2D eigenvalue weighted by molar-refractivity contribution is 5.92. The number of hydroxylamine groups is 1. The number of hydrogen-bond acceptors (Lipinski definition) is 5. The fourth-order valence-corrected chi connectivity index (χ4v) is 2.40. The number of rotatable bonds is 2. The van der Waals surface area contributed by atoms with Gasteiger partial charge in [-0.1, -0.05) is 12.1 Å². The Bertz CT molecular complexity index is 551. The fourth-order valence-electron chi connectivity index (χ4n) is 2.40. The molecule has 3 rings (SSSR count). The molecule has 0 aromatic heterocycles. The van der Waals surface area contributed by atoms with Crippen LogP contribution in [-0.4, -0.2) is 42.1 Å². The zero-order chi connectivity index (χ0) is 13.9. The van der Waals surface area contributed by atoms with Crippen LogP contribution in [0.5, 0.6) is 11.5 Å². The molecule has 0 atom stereocenters. The van der Waals surface area contributed by atoms with Gasteiger partial charge in [0.1, 0.15) is 0 Å². The topological polar surface area (TPSA) is 73.8 Å². The van der Waals surface area contributed by atoms with Crippen molar-refractivity contribution in [1.29, 1.82) is 0 Å². The van der Waals surface area contributed by atoms with E-state index in [0.29, 0.717) is 17.9 Å². The molecule has 0 saturated carbocycles. The van der Waals surface area contributed by atoms with Crippen LogP contribution in [0.2, 0.25) is 0 Å². The molecule has 1 saturated heterocycles. The summed E-state index contributed by atoms with van der Waals surface area (Å²) >= 11 is 0. The number of carbonyl (C=O) groups is 1. The molecular formula is C14H17N3O3. The first-order valence-corrected chi connectivity index (χ1v) is 6.67. The van der Waals surface area contributed by atoms with Crippen molar-refractivity contribution in [2.75, 3.05) is 26.2 Å². The number of fused-ring (bicyclic) bond motifs is 1. The van der Waals surface area contributed by atoms with Crippen molar-refractivity contribution in [3.8, 4) is 11.5 Å². The molecule has 20 heavy (non-hydrogen) atoms. The van der Waals surface area contributed by atoms with Gasteiger partial charge < -0.3 is 15.3 Å². The van der Waals surface area contributed by atoms with Crippen LogP contribution in [0.3, 0.4) is 0 Å². The van der Waals surface area contributed by atoms with Gasteiger partial charge in [0.05, 0.1) is 0 Å². The molecule has 1 fully saturated rings. The Morgan fingerprint density at radius 2 is 2.05 bits per heavy atom. The van der Waals surface area contributed by atoms with Gasteiger partial charge in [0.25, 0.3) is 5.91 Å². The number of hydrogen-bond donors (Lipinski definition) is 3. The minimum absolute atomic E-state index is 0.0906. The molecule has 1 amide bonds. The van der Waals surface area contributed by atoms with Gasteiger partial charge in [-0.15, -0.1) is 0 Å². The maximum atomic E-state index is 11.2. The lowest BCUT2D eigenvalue weighted by molar-refractivity contribution is -0.122. The molecule has 0 aliphatic carbocycles. The quantitative estimate of drug-likeness (QED) is 0.721.